The fraction of sp³-hybridized carbons (Fsp3) is 0. The number of hydrogen-bond acceptors (Lipinski definition) is 2. The Morgan fingerprint density at radius 3 is 2.33 bits per heavy atom. The molecule has 0 aliphatic heterocycles. The third-order valence-electron chi connectivity index (χ3n) is 0.214. The number of hydrogen-bond donors (Lipinski definition) is 2. The third kappa shape index (κ3) is 3.60. The van der Waals surface area contributed by atoms with Crippen LogP contribution in [0.1, 0.15) is 0 Å². The molecule has 4 heteroatoms. The van der Waals surface area contributed by atoms with Crippen molar-refractivity contribution in [2.75, 3.05) is 0 Å². The van der Waals surface area contributed by atoms with Crippen molar-refractivity contribution in [1.29, 1.82) is 0 Å². The topological polar surface area (TPSA) is 63.3 Å². The second-order valence-corrected chi connectivity index (χ2v) is 1.55. The van der Waals surface area contributed by atoms with Crippen molar-refractivity contribution < 1.29 is 9.46 Å². The Morgan fingerprint density at radius 1 is 1.83 bits per heavy atom. The van der Waals surface area contributed by atoms with Crippen LogP contribution >= 0.6 is 8.03 Å². The van der Waals surface area contributed by atoms with Gasteiger partial charge < -0.3 is 5.73 Å². The van der Waals surface area contributed by atoms with E-state index in [1.807, 2.05) is 0 Å². The van der Waals surface area contributed by atoms with Crippen LogP contribution in [0.2, 0.25) is 0 Å². The Morgan fingerprint density at radius 2 is 2.33 bits per heavy atom. The van der Waals surface area contributed by atoms with Gasteiger partial charge in [0.1, 0.15) is 0 Å². The van der Waals surface area contributed by atoms with Crippen LogP contribution in [-0.4, -0.2) is 4.89 Å². The Labute approximate surface area is 36.3 Å². The molecule has 0 saturated carbocycles. The van der Waals surface area contributed by atoms with Gasteiger partial charge in [-0.3, -0.25) is 0 Å². The SMILES string of the molecule is NC=C[P+](=O)O. The van der Waals surface area contributed by atoms with Crippen molar-refractivity contribution in [2.45, 2.75) is 0 Å². The van der Waals surface area contributed by atoms with Gasteiger partial charge in [-0.15, -0.1) is 0 Å². The van der Waals surface area contributed by atoms with Crippen LogP contribution in [0.4, 0.5) is 0 Å². The van der Waals surface area contributed by atoms with E-state index in [2.05, 4.69) is 0 Å². The molecule has 0 saturated heterocycles. The van der Waals surface area contributed by atoms with E-state index in [9.17, 15) is 4.57 Å². The molecule has 0 aliphatic carbocycles. The molecule has 0 radical (unpaired) electrons. The lowest BCUT2D eigenvalue weighted by Crippen LogP contribution is -1.71. The zero-order valence-electron chi connectivity index (χ0n) is 3.03. The van der Waals surface area contributed by atoms with Crippen molar-refractivity contribution in [1.82, 2.24) is 0 Å². The van der Waals surface area contributed by atoms with Crippen molar-refractivity contribution in [3.63, 3.8) is 0 Å². The minimum Gasteiger partial charge on any atom is -0.401 e. The fourth-order valence-electron chi connectivity index (χ4n) is 0.0736. The summed E-state index contributed by atoms with van der Waals surface area (Å²) in [6, 6.07) is 0. The Bertz CT molecular complexity index is 79.6. The smallest absolute Gasteiger partial charge is 0.401 e. The highest BCUT2D eigenvalue weighted by atomic mass is 31.1. The molecule has 1 unspecified atom stereocenters. The summed E-state index contributed by atoms with van der Waals surface area (Å²) in [7, 11) is -2.16. The molecule has 3 nitrogen and oxygen atoms in total. The van der Waals surface area contributed by atoms with Crippen molar-refractivity contribution >= 4 is 8.03 Å². The van der Waals surface area contributed by atoms with E-state index in [0.717, 1.165) is 12.0 Å². The lowest BCUT2D eigenvalue weighted by molar-refractivity contribution is 0.512. The second kappa shape index (κ2) is 2.82. The summed E-state index contributed by atoms with van der Waals surface area (Å²) in [5.74, 6) is 1.01. The molecule has 0 aromatic rings. The standard InChI is InChI=1S/C2H4NO2P/c3-1-2-6(4)5/h1-2H,3H2/p+1. The molecular weight excluding hydrogens is 101 g/mol. The third-order valence-corrected chi connectivity index (χ3v) is 0.641. The summed E-state index contributed by atoms with van der Waals surface area (Å²) < 4.78 is 9.58. The quantitative estimate of drug-likeness (QED) is 0.467. The highest BCUT2D eigenvalue weighted by molar-refractivity contribution is 7.41. The van der Waals surface area contributed by atoms with Gasteiger partial charge in [0.25, 0.3) is 0 Å². The van der Waals surface area contributed by atoms with Gasteiger partial charge in [0.05, 0.1) is 0 Å². The molecule has 0 heterocycles. The number of rotatable bonds is 1. The first kappa shape index (κ1) is 5.60. The molecular formula is C2H5NO2P+. The van der Waals surface area contributed by atoms with Gasteiger partial charge in [-0.05, 0) is 4.57 Å². The lowest BCUT2D eigenvalue weighted by Gasteiger charge is -1.53. The van der Waals surface area contributed by atoms with Crippen LogP contribution in [-0.2, 0) is 4.57 Å². The van der Waals surface area contributed by atoms with Gasteiger partial charge in [-0.2, -0.15) is 4.89 Å². The highest BCUT2D eigenvalue weighted by Crippen LogP contribution is 2.11. The molecule has 0 aromatic carbocycles. The Hall–Kier alpha value is -0.400. The first-order chi connectivity index (χ1) is 2.77. The monoisotopic (exact) mass is 106 g/mol. The van der Waals surface area contributed by atoms with E-state index < -0.39 is 8.03 Å². The zero-order valence-corrected chi connectivity index (χ0v) is 3.93. The van der Waals surface area contributed by atoms with Gasteiger partial charge in [0.15, 0.2) is 0 Å². The van der Waals surface area contributed by atoms with Crippen molar-refractivity contribution in [3.8, 4) is 0 Å². The van der Waals surface area contributed by atoms with Crippen molar-refractivity contribution in [2.24, 2.45) is 5.73 Å². The maximum Gasteiger partial charge on any atom is 0.539 e. The molecule has 0 amide bonds. The summed E-state index contributed by atoms with van der Waals surface area (Å²) in [5.41, 5.74) is 4.71. The van der Waals surface area contributed by atoms with Crippen LogP contribution in [0.25, 0.3) is 0 Å². The average Bonchev–Trinajstić information content (AvgIpc) is 1.35. The van der Waals surface area contributed by atoms with Crippen LogP contribution in [0, 0.1) is 0 Å². The van der Waals surface area contributed by atoms with Crippen molar-refractivity contribution in [3.05, 3.63) is 12.0 Å². The highest BCUT2D eigenvalue weighted by Gasteiger charge is 1.97. The van der Waals surface area contributed by atoms with E-state index in [4.69, 9.17) is 10.6 Å². The molecule has 0 aliphatic rings. The molecule has 0 spiro atoms. The first-order valence-corrected chi connectivity index (χ1v) is 2.59. The molecule has 3 N–H and O–H groups in total. The molecule has 34 valence electrons. The van der Waals surface area contributed by atoms with Crippen LogP contribution in [0.5, 0.6) is 0 Å². The predicted octanol–water partition coefficient (Wildman–Crippen LogP) is 0.151. The normalized spacial score (nSPS) is 12.5. The van der Waals surface area contributed by atoms with E-state index in [1.54, 1.807) is 0 Å². The van der Waals surface area contributed by atoms with E-state index in [1.165, 1.54) is 0 Å². The Balaban J connectivity index is 3.30. The van der Waals surface area contributed by atoms with Gasteiger partial charge in [0, 0.05) is 6.20 Å². The summed E-state index contributed by atoms with van der Waals surface area (Å²) in [6.45, 7) is 0. The molecule has 0 fully saturated rings. The first-order valence-electron chi connectivity index (χ1n) is 1.31. The molecule has 0 aromatic heterocycles. The maximum atomic E-state index is 9.58. The lowest BCUT2D eigenvalue weighted by atomic mass is 11.1. The Kier molecular flexibility index (Phi) is 2.63. The summed E-state index contributed by atoms with van der Waals surface area (Å²) in [5, 5.41) is 0. The summed E-state index contributed by atoms with van der Waals surface area (Å²) in [6.07, 6.45) is 1.04. The van der Waals surface area contributed by atoms with Gasteiger partial charge in [-0.25, -0.2) is 0 Å². The van der Waals surface area contributed by atoms with Crippen LogP contribution in [0.15, 0.2) is 12.0 Å². The molecule has 6 heavy (non-hydrogen) atoms. The summed E-state index contributed by atoms with van der Waals surface area (Å²) in [4.78, 5) is 7.89. The van der Waals surface area contributed by atoms with Gasteiger partial charge in [-0.1, -0.05) is 0 Å². The van der Waals surface area contributed by atoms with E-state index in [0.29, 0.717) is 0 Å². The van der Waals surface area contributed by atoms with Crippen LogP contribution in [0.3, 0.4) is 0 Å². The molecule has 1 atom stereocenters. The van der Waals surface area contributed by atoms with Gasteiger partial charge in [0.2, 0.25) is 5.82 Å². The number of nitrogens with two attached hydrogens (primary N) is 1. The van der Waals surface area contributed by atoms with E-state index >= 15 is 0 Å². The largest absolute Gasteiger partial charge is 0.539 e. The summed E-state index contributed by atoms with van der Waals surface area (Å²) >= 11 is 0. The zero-order chi connectivity index (χ0) is 4.99. The van der Waals surface area contributed by atoms with E-state index in [-0.39, 0.29) is 0 Å². The average molecular weight is 106 g/mol. The molecule has 0 bridgehead atoms. The van der Waals surface area contributed by atoms with Crippen LogP contribution < -0.4 is 5.73 Å². The van der Waals surface area contributed by atoms with Gasteiger partial charge >= 0.3 is 8.03 Å². The minimum absolute atomic E-state index is 1.01. The second-order valence-electron chi connectivity index (χ2n) is 0.644. The predicted molar refractivity (Wildman–Crippen MR) is 23.2 cm³/mol. The fourth-order valence-corrected chi connectivity index (χ4v) is 0.221. The molecule has 0 rings (SSSR count). The minimum atomic E-state index is -2.16. The maximum absolute atomic E-state index is 9.58.